The highest BCUT2D eigenvalue weighted by Gasteiger charge is 2.21. The van der Waals surface area contributed by atoms with Crippen LogP contribution in [0.1, 0.15) is 36.7 Å². The van der Waals surface area contributed by atoms with Crippen LogP contribution in [0.25, 0.3) is 5.69 Å². The molecule has 0 aliphatic carbocycles. The molecule has 0 fully saturated rings. The van der Waals surface area contributed by atoms with Crippen molar-refractivity contribution in [2.45, 2.75) is 32.2 Å². The number of halogens is 1. The van der Waals surface area contributed by atoms with E-state index >= 15 is 0 Å². The quantitative estimate of drug-likeness (QED) is 0.794. The molecule has 8 heteroatoms. The molecule has 0 saturated carbocycles. The van der Waals surface area contributed by atoms with Crippen LogP contribution in [-0.2, 0) is 4.79 Å². The predicted octanol–water partition coefficient (Wildman–Crippen LogP) is 1.74. The third kappa shape index (κ3) is 4.72. The number of hydrogen-bond donors (Lipinski definition) is 2. The number of nitrogens with zero attached hydrogens (tertiary/aromatic N) is 2. The molecule has 0 radical (unpaired) electrons. The largest absolute Gasteiger partial charge is 0.480 e. The van der Waals surface area contributed by atoms with Gasteiger partial charge in [-0.15, -0.1) is 0 Å². The average molecular weight is 347 g/mol. The van der Waals surface area contributed by atoms with Crippen LogP contribution < -0.4 is 10.9 Å². The molecule has 0 spiro atoms. The highest BCUT2D eigenvalue weighted by atomic mass is 19.1. The molecule has 0 saturated heterocycles. The fraction of sp³-hybridized carbons (Fsp3) is 0.294. The molecule has 0 aliphatic heterocycles. The highest BCUT2D eigenvalue weighted by Crippen LogP contribution is 2.07. The van der Waals surface area contributed by atoms with Gasteiger partial charge in [-0.2, -0.15) is 9.78 Å². The fourth-order valence-corrected chi connectivity index (χ4v) is 2.20. The Morgan fingerprint density at radius 2 is 1.92 bits per heavy atom. The minimum Gasteiger partial charge on any atom is -0.480 e. The van der Waals surface area contributed by atoms with Gasteiger partial charge in [0.15, 0.2) is 0 Å². The smallest absolute Gasteiger partial charge is 0.326 e. The van der Waals surface area contributed by atoms with Gasteiger partial charge in [-0.25, -0.2) is 9.18 Å². The molecule has 1 atom stereocenters. The molecular weight excluding hydrogens is 329 g/mol. The molecule has 1 aromatic carbocycles. The maximum Gasteiger partial charge on any atom is 0.326 e. The van der Waals surface area contributed by atoms with E-state index in [4.69, 9.17) is 0 Å². The molecule has 2 aromatic rings. The number of nitrogens with one attached hydrogen (secondary N) is 1. The van der Waals surface area contributed by atoms with E-state index in [-0.39, 0.29) is 5.69 Å². The molecule has 1 aromatic heterocycles. The van der Waals surface area contributed by atoms with Crippen LogP contribution in [0.5, 0.6) is 0 Å². The number of aliphatic carboxylic acids is 1. The lowest BCUT2D eigenvalue weighted by atomic mass is 10.1. The Labute approximate surface area is 143 Å². The van der Waals surface area contributed by atoms with Crippen molar-refractivity contribution >= 4 is 11.9 Å². The molecule has 0 bridgehead atoms. The monoisotopic (exact) mass is 347 g/mol. The number of carboxylic acids is 1. The number of carbonyl (C=O) groups excluding carboxylic acids is 1. The van der Waals surface area contributed by atoms with E-state index in [1.807, 2.05) is 6.92 Å². The van der Waals surface area contributed by atoms with Crippen LogP contribution in [0.2, 0.25) is 0 Å². The first-order chi connectivity index (χ1) is 11.9. The van der Waals surface area contributed by atoms with E-state index in [9.17, 15) is 23.9 Å². The van der Waals surface area contributed by atoms with Gasteiger partial charge in [-0.05, 0) is 36.8 Å². The van der Waals surface area contributed by atoms with E-state index in [2.05, 4.69) is 10.4 Å². The van der Waals surface area contributed by atoms with Gasteiger partial charge in [0.25, 0.3) is 11.5 Å². The van der Waals surface area contributed by atoms with Crippen molar-refractivity contribution in [2.24, 2.45) is 0 Å². The van der Waals surface area contributed by atoms with Crippen molar-refractivity contribution in [2.75, 3.05) is 0 Å². The third-order valence-electron chi connectivity index (χ3n) is 3.55. The minimum atomic E-state index is -1.13. The van der Waals surface area contributed by atoms with Gasteiger partial charge >= 0.3 is 5.97 Å². The standard InChI is InChI=1S/C17H18FN3O4/c1-2-3-4-14(17(24)25)19-16(23)13-9-10-15(22)21(20-13)12-7-5-11(18)6-8-12/h5-10,14H,2-4H2,1H3,(H,19,23)(H,24,25). The molecule has 25 heavy (non-hydrogen) atoms. The molecule has 1 unspecified atom stereocenters. The zero-order valence-corrected chi connectivity index (χ0v) is 13.6. The van der Waals surface area contributed by atoms with Gasteiger partial charge < -0.3 is 10.4 Å². The van der Waals surface area contributed by atoms with Crippen molar-refractivity contribution in [1.29, 1.82) is 0 Å². The normalized spacial score (nSPS) is 11.8. The molecule has 2 rings (SSSR count). The number of benzene rings is 1. The minimum absolute atomic E-state index is 0.105. The van der Waals surface area contributed by atoms with Crippen LogP contribution in [0.3, 0.4) is 0 Å². The van der Waals surface area contributed by atoms with Crippen LogP contribution in [0, 0.1) is 5.82 Å². The Kier molecular flexibility index (Phi) is 5.99. The second-order valence-corrected chi connectivity index (χ2v) is 5.45. The van der Waals surface area contributed by atoms with Crippen LogP contribution >= 0.6 is 0 Å². The highest BCUT2D eigenvalue weighted by molar-refractivity contribution is 5.94. The Morgan fingerprint density at radius 1 is 1.24 bits per heavy atom. The third-order valence-corrected chi connectivity index (χ3v) is 3.55. The van der Waals surface area contributed by atoms with E-state index < -0.39 is 29.3 Å². The summed E-state index contributed by atoms with van der Waals surface area (Å²) < 4.78 is 14.0. The van der Waals surface area contributed by atoms with Gasteiger partial charge in [0.05, 0.1) is 5.69 Å². The first kappa shape index (κ1) is 18.3. The second kappa shape index (κ2) is 8.18. The first-order valence-electron chi connectivity index (χ1n) is 7.82. The fourth-order valence-electron chi connectivity index (χ4n) is 2.20. The maximum atomic E-state index is 13.0. The summed E-state index contributed by atoms with van der Waals surface area (Å²) in [5.41, 5.74) is -0.308. The lowest BCUT2D eigenvalue weighted by molar-refractivity contribution is -0.139. The lowest BCUT2D eigenvalue weighted by Crippen LogP contribution is -2.41. The molecule has 2 N–H and O–H groups in total. The Hall–Kier alpha value is -3.03. The van der Waals surface area contributed by atoms with E-state index in [1.54, 1.807) is 0 Å². The average Bonchev–Trinajstić information content (AvgIpc) is 2.59. The number of amides is 1. The van der Waals surface area contributed by atoms with Gasteiger partial charge in [0.2, 0.25) is 0 Å². The van der Waals surface area contributed by atoms with E-state index in [1.165, 1.54) is 30.3 Å². The summed E-state index contributed by atoms with van der Waals surface area (Å²) in [7, 11) is 0. The summed E-state index contributed by atoms with van der Waals surface area (Å²) in [5, 5.41) is 15.5. The van der Waals surface area contributed by atoms with Gasteiger partial charge in [-0.3, -0.25) is 9.59 Å². The number of hydrogen-bond acceptors (Lipinski definition) is 4. The molecular formula is C17H18FN3O4. The molecule has 0 aliphatic rings. The van der Waals surface area contributed by atoms with Crippen molar-refractivity contribution in [1.82, 2.24) is 15.1 Å². The van der Waals surface area contributed by atoms with Gasteiger partial charge in [-0.1, -0.05) is 19.8 Å². The maximum absolute atomic E-state index is 13.0. The summed E-state index contributed by atoms with van der Waals surface area (Å²) in [4.78, 5) is 35.4. The van der Waals surface area contributed by atoms with Gasteiger partial charge in [0.1, 0.15) is 17.6 Å². The second-order valence-electron chi connectivity index (χ2n) is 5.45. The lowest BCUT2D eigenvalue weighted by Gasteiger charge is -2.14. The summed E-state index contributed by atoms with van der Waals surface area (Å²) in [5.74, 6) is -2.29. The molecule has 1 heterocycles. The summed E-state index contributed by atoms with van der Waals surface area (Å²) in [6.45, 7) is 1.92. The van der Waals surface area contributed by atoms with Crippen LogP contribution in [0.4, 0.5) is 4.39 Å². The topological polar surface area (TPSA) is 101 Å². The zero-order chi connectivity index (χ0) is 18.4. The zero-order valence-electron chi connectivity index (χ0n) is 13.6. The predicted molar refractivity (Wildman–Crippen MR) is 88.2 cm³/mol. The number of carbonyl (C=O) groups is 2. The number of carboxylic acid groups (broad SMARTS) is 1. The molecule has 1 amide bonds. The van der Waals surface area contributed by atoms with Crippen molar-refractivity contribution < 1.29 is 19.1 Å². The SMILES string of the molecule is CCCCC(NC(=O)c1ccc(=O)n(-c2ccc(F)cc2)n1)C(=O)O. The Morgan fingerprint density at radius 3 is 2.52 bits per heavy atom. The van der Waals surface area contributed by atoms with Crippen LogP contribution in [-0.4, -0.2) is 32.8 Å². The van der Waals surface area contributed by atoms with E-state index in [0.29, 0.717) is 18.5 Å². The number of aromatic nitrogens is 2. The summed E-state index contributed by atoms with van der Waals surface area (Å²) >= 11 is 0. The molecule has 132 valence electrons. The summed E-state index contributed by atoms with van der Waals surface area (Å²) in [6, 6.07) is 6.38. The van der Waals surface area contributed by atoms with Crippen LogP contribution in [0.15, 0.2) is 41.2 Å². The number of unbranched alkanes of at least 4 members (excludes halogenated alkanes) is 1. The van der Waals surface area contributed by atoms with Crippen molar-refractivity contribution in [3.05, 3.63) is 58.3 Å². The van der Waals surface area contributed by atoms with E-state index in [0.717, 1.165) is 17.2 Å². The van der Waals surface area contributed by atoms with Crippen molar-refractivity contribution in [3.63, 3.8) is 0 Å². The van der Waals surface area contributed by atoms with Crippen molar-refractivity contribution in [3.8, 4) is 5.69 Å². The summed E-state index contributed by atoms with van der Waals surface area (Å²) in [6.07, 6.45) is 1.75. The number of rotatable bonds is 7. The Balaban J connectivity index is 2.26. The van der Waals surface area contributed by atoms with Gasteiger partial charge in [0, 0.05) is 6.07 Å². The molecule has 7 nitrogen and oxygen atoms in total. The Bertz CT molecular complexity index is 817. The first-order valence-corrected chi connectivity index (χ1v) is 7.82.